The minimum absolute atomic E-state index is 0.0327. The Bertz CT molecular complexity index is 919. The highest BCUT2D eigenvalue weighted by atomic mass is 19.3. The van der Waals surface area contributed by atoms with Crippen molar-refractivity contribution in [3.63, 3.8) is 0 Å². The number of halogens is 2. The largest absolute Gasteiger partial charge is 0.471 e. The predicted octanol–water partition coefficient (Wildman–Crippen LogP) is 3.30. The standard InChI is InChI=1S/C20H23F2N5O3/c1-5-17(28)27-16-8-15(24-11-25-16)19(29)26-13(4)14-6-7-18(23-9-14)30-10-20(21,22)12(2)3/h6-9,11,13H,2,5,10H2,1,3-4H3,(H,26,29)(H,24,25,27,28). The summed E-state index contributed by atoms with van der Waals surface area (Å²) in [5.41, 5.74) is 0.423. The molecule has 0 fully saturated rings. The maximum atomic E-state index is 13.5. The van der Waals surface area contributed by atoms with Crippen molar-refractivity contribution in [2.24, 2.45) is 0 Å². The SMILES string of the molecule is C=C(C)C(F)(F)COc1ccc(C(C)NC(=O)c2cc(NC(=O)CC)ncn2)cn1. The molecule has 160 valence electrons. The number of pyridine rings is 1. The minimum atomic E-state index is -3.14. The first-order valence-corrected chi connectivity index (χ1v) is 9.17. The molecule has 2 aromatic heterocycles. The van der Waals surface area contributed by atoms with Crippen LogP contribution in [0.1, 0.15) is 49.3 Å². The lowest BCUT2D eigenvalue weighted by molar-refractivity contribution is -0.115. The maximum absolute atomic E-state index is 13.5. The monoisotopic (exact) mass is 419 g/mol. The predicted molar refractivity (Wildman–Crippen MR) is 106 cm³/mol. The van der Waals surface area contributed by atoms with E-state index in [1.807, 2.05) is 0 Å². The molecule has 0 saturated heterocycles. The van der Waals surface area contributed by atoms with Gasteiger partial charge in [0.15, 0.2) is 6.61 Å². The van der Waals surface area contributed by atoms with Gasteiger partial charge in [0.2, 0.25) is 11.8 Å². The number of carbonyl (C=O) groups is 2. The Morgan fingerprint density at radius 2 is 2.00 bits per heavy atom. The lowest BCUT2D eigenvalue weighted by Gasteiger charge is -2.17. The topological polar surface area (TPSA) is 106 Å². The number of carbonyl (C=O) groups excluding carboxylic acids is 2. The number of hydrogen-bond acceptors (Lipinski definition) is 6. The summed E-state index contributed by atoms with van der Waals surface area (Å²) in [7, 11) is 0. The van der Waals surface area contributed by atoms with Gasteiger partial charge in [0.1, 0.15) is 17.8 Å². The molecule has 0 aliphatic heterocycles. The molecular weight excluding hydrogens is 396 g/mol. The van der Waals surface area contributed by atoms with Gasteiger partial charge in [-0.1, -0.05) is 19.6 Å². The summed E-state index contributed by atoms with van der Waals surface area (Å²) >= 11 is 0. The summed E-state index contributed by atoms with van der Waals surface area (Å²) in [4.78, 5) is 35.7. The first kappa shape index (κ1) is 22.9. The molecule has 2 N–H and O–H groups in total. The van der Waals surface area contributed by atoms with E-state index >= 15 is 0 Å². The zero-order valence-electron chi connectivity index (χ0n) is 16.9. The van der Waals surface area contributed by atoms with E-state index in [0.717, 1.165) is 0 Å². The van der Waals surface area contributed by atoms with Crippen molar-refractivity contribution in [2.45, 2.75) is 39.2 Å². The normalized spacial score (nSPS) is 12.0. The summed E-state index contributed by atoms with van der Waals surface area (Å²) in [5.74, 6) is -3.59. The number of aromatic nitrogens is 3. The van der Waals surface area contributed by atoms with Crippen LogP contribution in [0.25, 0.3) is 0 Å². The molecule has 2 aromatic rings. The minimum Gasteiger partial charge on any atom is -0.471 e. The summed E-state index contributed by atoms with van der Waals surface area (Å²) in [5, 5.41) is 5.30. The molecule has 0 aromatic carbocycles. The molecule has 0 spiro atoms. The summed E-state index contributed by atoms with van der Waals surface area (Å²) in [6, 6.07) is 3.97. The van der Waals surface area contributed by atoms with Crippen molar-refractivity contribution in [3.05, 3.63) is 54.1 Å². The third kappa shape index (κ3) is 6.29. The molecule has 30 heavy (non-hydrogen) atoms. The van der Waals surface area contributed by atoms with Crippen LogP contribution in [0.5, 0.6) is 5.88 Å². The van der Waals surface area contributed by atoms with Crippen molar-refractivity contribution in [2.75, 3.05) is 11.9 Å². The molecule has 2 amide bonds. The van der Waals surface area contributed by atoms with Crippen LogP contribution in [0.2, 0.25) is 0 Å². The van der Waals surface area contributed by atoms with Gasteiger partial charge in [-0.2, -0.15) is 8.78 Å². The Balaban J connectivity index is 1.98. The number of nitrogens with one attached hydrogen (secondary N) is 2. The van der Waals surface area contributed by atoms with Crippen molar-refractivity contribution in [1.82, 2.24) is 20.3 Å². The smallest absolute Gasteiger partial charge is 0.302 e. The first-order valence-electron chi connectivity index (χ1n) is 9.17. The molecule has 1 unspecified atom stereocenters. The molecular formula is C20H23F2N5O3. The van der Waals surface area contributed by atoms with Crippen LogP contribution in [0.3, 0.4) is 0 Å². The average Bonchev–Trinajstić information content (AvgIpc) is 2.72. The average molecular weight is 419 g/mol. The van der Waals surface area contributed by atoms with E-state index in [2.05, 4.69) is 32.2 Å². The van der Waals surface area contributed by atoms with E-state index in [9.17, 15) is 18.4 Å². The Morgan fingerprint density at radius 3 is 2.60 bits per heavy atom. The maximum Gasteiger partial charge on any atom is 0.302 e. The Morgan fingerprint density at radius 1 is 1.27 bits per heavy atom. The van der Waals surface area contributed by atoms with Crippen molar-refractivity contribution in [3.8, 4) is 5.88 Å². The number of hydrogen-bond donors (Lipinski definition) is 2. The second kappa shape index (κ2) is 9.86. The fourth-order valence-corrected chi connectivity index (χ4v) is 2.16. The Hall–Kier alpha value is -3.43. The molecule has 8 nitrogen and oxygen atoms in total. The second-order valence-corrected chi connectivity index (χ2v) is 6.59. The van der Waals surface area contributed by atoms with Gasteiger partial charge in [0.25, 0.3) is 5.91 Å². The highest BCUT2D eigenvalue weighted by Gasteiger charge is 2.31. The molecule has 0 radical (unpaired) electrons. The van der Waals surface area contributed by atoms with Crippen molar-refractivity contribution in [1.29, 1.82) is 0 Å². The van der Waals surface area contributed by atoms with Crippen molar-refractivity contribution < 1.29 is 23.1 Å². The fraction of sp³-hybridized carbons (Fsp3) is 0.350. The first-order chi connectivity index (χ1) is 14.1. The van der Waals surface area contributed by atoms with E-state index in [1.54, 1.807) is 19.9 Å². The van der Waals surface area contributed by atoms with Crippen LogP contribution in [0.15, 0.2) is 42.9 Å². The van der Waals surface area contributed by atoms with Gasteiger partial charge in [0, 0.05) is 24.8 Å². The lowest BCUT2D eigenvalue weighted by atomic mass is 10.1. The molecule has 0 aliphatic carbocycles. The number of anilines is 1. The highest BCUT2D eigenvalue weighted by molar-refractivity contribution is 5.95. The number of amides is 2. The molecule has 1 atom stereocenters. The van der Waals surface area contributed by atoms with Gasteiger partial charge in [-0.25, -0.2) is 15.0 Å². The van der Waals surface area contributed by atoms with E-state index in [1.165, 1.54) is 31.6 Å². The number of alkyl halides is 2. The summed E-state index contributed by atoms with van der Waals surface area (Å²) in [6.45, 7) is 7.03. The van der Waals surface area contributed by atoms with Gasteiger partial charge in [-0.05, 0) is 25.0 Å². The third-order valence-corrected chi connectivity index (χ3v) is 4.12. The van der Waals surface area contributed by atoms with E-state index in [4.69, 9.17) is 4.74 Å². The van der Waals surface area contributed by atoms with Crippen LogP contribution in [0, 0.1) is 0 Å². The molecule has 0 aliphatic rings. The molecule has 0 bridgehead atoms. The van der Waals surface area contributed by atoms with Gasteiger partial charge < -0.3 is 15.4 Å². The van der Waals surface area contributed by atoms with Gasteiger partial charge in [-0.3, -0.25) is 9.59 Å². The van der Waals surface area contributed by atoms with E-state index in [0.29, 0.717) is 5.56 Å². The lowest BCUT2D eigenvalue weighted by Crippen LogP contribution is -2.28. The zero-order valence-corrected chi connectivity index (χ0v) is 16.9. The van der Waals surface area contributed by atoms with Crippen molar-refractivity contribution >= 4 is 17.6 Å². The van der Waals surface area contributed by atoms with E-state index in [-0.39, 0.29) is 35.3 Å². The van der Waals surface area contributed by atoms with Crippen LogP contribution < -0.4 is 15.4 Å². The molecule has 2 heterocycles. The van der Waals surface area contributed by atoms with Crippen LogP contribution in [-0.2, 0) is 4.79 Å². The number of nitrogens with zero attached hydrogens (tertiary/aromatic N) is 3. The second-order valence-electron chi connectivity index (χ2n) is 6.59. The van der Waals surface area contributed by atoms with Crippen LogP contribution in [0.4, 0.5) is 14.6 Å². The van der Waals surface area contributed by atoms with Crippen LogP contribution >= 0.6 is 0 Å². The fourth-order valence-electron chi connectivity index (χ4n) is 2.16. The van der Waals surface area contributed by atoms with Gasteiger partial charge in [-0.15, -0.1) is 0 Å². The Labute approximate surface area is 172 Å². The molecule has 10 heteroatoms. The van der Waals surface area contributed by atoms with Gasteiger partial charge >= 0.3 is 5.92 Å². The zero-order chi connectivity index (χ0) is 22.3. The van der Waals surface area contributed by atoms with Gasteiger partial charge in [0.05, 0.1) is 6.04 Å². The third-order valence-electron chi connectivity index (χ3n) is 4.12. The quantitative estimate of drug-likeness (QED) is 0.604. The summed E-state index contributed by atoms with van der Waals surface area (Å²) < 4.78 is 32.1. The van der Waals surface area contributed by atoms with Crippen LogP contribution in [-0.4, -0.2) is 39.3 Å². The van der Waals surface area contributed by atoms with E-state index < -0.39 is 24.5 Å². The number of ether oxygens (including phenoxy) is 1. The highest BCUT2D eigenvalue weighted by Crippen LogP contribution is 2.23. The molecule has 2 rings (SSSR count). The summed E-state index contributed by atoms with van der Waals surface area (Å²) in [6.07, 6.45) is 2.88. The number of rotatable bonds is 9. The Kier molecular flexibility index (Phi) is 7.51. The molecule has 0 saturated carbocycles.